The molecule has 0 atom stereocenters. The molecule has 0 radical (unpaired) electrons. The van der Waals surface area contributed by atoms with E-state index in [1.54, 1.807) is 0 Å². The number of sulfonamides is 1. The van der Waals surface area contributed by atoms with Crippen LogP contribution in [0.2, 0.25) is 0 Å². The number of hydrogen-bond acceptors (Lipinski definition) is 3. The van der Waals surface area contributed by atoms with Crippen LogP contribution in [0.5, 0.6) is 0 Å². The van der Waals surface area contributed by atoms with Crippen LogP contribution in [-0.2, 0) is 16.2 Å². The van der Waals surface area contributed by atoms with Crippen molar-refractivity contribution in [3.63, 3.8) is 0 Å². The number of hydrogen-bond donors (Lipinski definition) is 1. The van der Waals surface area contributed by atoms with Gasteiger partial charge in [-0.1, -0.05) is 25.0 Å². The van der Waals surface area contributed by atoms with E-state index in [9.17, 15) is 21.6 Å². The van der Waals surface area contributed by atoms with E-state index in [2.05, 4.69) is 5.10 Å². The van der Waals surface area contributed by atoms with Crippen LogP contribution in [0.15, 0.2) is 35.2 Å². The van der Waals surface area contributed by atoms with Crippen molar-refractivity contribution in [2.75, 3.05) is 0 Å². The van der Waals surface area contributed by atoms with Gasteiger partial charge in [0.05, 0.1) is 5.69 Å². The average Bonchev–Trinajstić information content (AvgIpc) is 3.14. The molecule has 0 unspecified atom stereocenters. The van der Waals surface area contributed by atoms with Crippen LogP contribution in [0.1, 0.15) is 43.0 Å². The van der Waals surface area contributed by atoms with Gasteiger partial charge in [0.25, 0.3) is 0 Å². The Morgan fingerprint density at radius 2 is 1.79 bits per heavy atom. The number of rotatable bonds is 3. The second kappa shape index (κ2) is 5.89. The standard InChI is InChI=1S/C15H16F3N3O2S/c16-15(17,18)14-9-12(10-5-1-2-6-10)21(20-14)11-7-3-4-8-13(11)24(19,22)23/h3-4,7-10H,1-2,5-6H2,(H2,19,22,23). The average molecular weight is 359 g/mol. The van der Waals surface area contributed by atoms with Gasteiger partial charge >= 0.3 is 6.18 Å². The Labute approximate surface area is 137 Å². The van der Waals surface area contributed by atoms with Gasteiger partial charge in [-0.2, -0.15) is 18.3 Å². The number of alkyl halides is 3. The third-order valence-corrected chi connectivity index (χ3v) is 5.16. The van der Waals surface area contributed by atoms with E-state index in [1.807, 2.05) is 0 Å². The van der Waals surface area contributed by atoms with Crippen molar-refractivity contribution in [3.05, 3.63) is 41.7 Å². The summed E-state index contributed by atoms with van der Waals surface area (Å²) < 4.78 is 63.9. The number of para-hydroxylation sites is 1. The molecule has 130 valence electrons. The highest BCUT2D eigenvalue weighted by atomic mass is 32.2. The Kier molecular flexibility index (Phi) is 4.16. The lowest BCUT2D eigenvalue weighted by atomic mass is 10.0. The Morgan fingerprint density at radius 1 is 1.17 bits per heavy atom. The molecule has 0 amide bonds. The van der Waals surface area contributed by atoms with Gasteiger partial charge in [0.2, 0.25) is 10.0 Å². The zero-order valence-electron chi connectivity index (χ0n) is 12.6. The number of primary sulfonamides is 1. The highest BCUT2D eigenvalue weighted by Gasteiger charge is 2.37. The third-order valence-electron chi connectivity index (χ3n) is 4.20. The molecule has 0 aliphatic heterocycles. The minimum atomic E-state index is -4.60. The fraction of sp³-hybridized carbons (Fsp3) is 0.400. The molecule has 1 saturated carbocycles. The Morgan fingerprint density at radius 3 is 2.38 bits per heavy atom. The van der Waals surface area contributed by atoms with E-state index in [0.29, 0.717) is 5.69 Å². The van der Waals surface area contributed by atoms with Gasteiger partial charge in [-0.15, -0.1) is 0 Å². The van der Waals surface area contributed by atoms with Crippen LogP contribution in [0, 0.1) is 0 Å². The molecule has 24 heavy (non-hydrogen) atoms. The van der Waals surface area contributed by atoms with Gasteiger partial charge in [0.1, 0.15) is 4.90 Å². The van der Waals surface area contributed by atoms with Crippen LogP contribution in [0.25, 0.3) is 5.69 Å². The molecule has 1 heterocycles. The summed E-state index contributed by atoms with van der Waals surface area (Å²) in [4.78, 5) is -0.249. The molecule has 2 aromatic rings. The molecule has 3 rings (SSSR count). The van der Waals surface area contributed by atoms with Crippen LogP contribution in [0.3, 0.4) is 0 Å². The number of halogens is 3. The highest BCUT2D eigenvalue weighted by Crippen LogP contribution is 2.39. The predicted molar refractivity (Wildman–Crippen MR) is 81.1 cm³/mol. The molecule has 1 aromatic carbocycles. The topological polar surface area (TPSA) is 78.0 Å². The Balaban J connectivity index is 2.22. The summed E-state index contributed by atoms with van der Waals surface area (Å²) in [7, 11) is -4.09. The van der Waals surface area contributed by atoms with Gasteiger partial charge < -0.3 is 0 Å². The molecule has 0 spiro atoms. The Bertz CT molecular complexity index is 853. The molecule has 1 aliphatic rings. The van der Waals surface area contributed by atoms with Crippen LogP contribution >= 0.6 is 0 Å². The van der Waals surface area contributed by atoms with Crippen LogP contribution < -0.4 is 5.14 Å². The summed E-state index contributed by atoms with van der Waals surface area (Å²) in [6, 6.07) is 6.68. The molecule has 5 nitrogen and oxygen atoms in total. The largest absolute Gasteiger partial charge is 0.435 e. The first-order valence-corrected chi connectivity index (χ1v) is 9.02. The summed E-state index contributed by atoms with van der Waals surface area (Å²) >= 11 is 0. The Hall–Kier alpha value is -1.87. The van der Waals surface area contributed by atoms with E-state index in [1.165, 1.54) is 24.3 Å². The monoisotopic (exact) mass is 359 g/mol. The summed E-state index contributed by atoms with van der Waals surface area (Å²) in [6.45, 7) is 0. The van der Waals surface area contributed by atoms with Gasteiger partial charge in [0.15, 0.2) is 5.69 Å². The fourth-order valence-electron chi connectivity index (χ4n) is 3.11. The van der Waals surface area contributed by atoms with E-state index in [-0.39, 0.29) is 16.5 Å². The molecule has 9 heteroatoms. The summed E-state index contributed by atoms with van der Waals surface area (Å²) in [5.41, 5.74) is -0.623. The summed E-state index contributed by atoms with van der Waals surface area (Å²) in [5.74, 6) is -0.0814. The molecular formula is C15H16F3N3O2S. The second-order valence-electron chi connectivity index (χ2n) is 5.86. The molecule has 1 aromatic heterocycles. The lowest BCUT2D eigenvalue weighted by molar-refractivity contribution is -0.141. The first-order chi connectivity index (χ1) is 11.2. The fourth-order valence-corrected chi connectivity index (χ4v) is 3.83. The van der Waals surface area contributed by atoms with Gasteiger partial charge in [-0.3, -0.25) is 0 Å². The molecular weight excluding hydrogens is 343 g/mol. The van der Waals surface area contributed by atoms with E-state index < -0.39 is 21.9 Å². The lowest BCUT2D eigenvalue weighted by Crippen LogP contribution is -2.17. The zero-order valence-corrected chi connectivity index (χ0v) is 13.4. The first kappa shape index (κ1) is 17.0. The molecule has 1 aliphatic carbocycles. The number of nitrogens with zero attached hydrogens (tertiary/aromatic N) is 2. The van der Waals surface area contributed by atoms with E-state index in [0.717, 1.165) is 36.4 Å². The van der Waals surface area contributed by atoms with Gasteiger partial charge in [0, 0.05) is 11.6 Å². The number of benzene rings is 1. The SMILES string of the molecule is NS(=O)(=O)c1ccccc1-n1nc(C(F)(F)F)cc1C1CCCC1. The normalized spacial score (nSPS) is 16.7. The molecule has 0 saturated heterocycles. The maximum atomic E-state index is 13.1. The predicted octanol–water partition coefficient (Wildman–Crippen LogP) is 3.20. The number of aromatic nitrogens is 2. The van der Waals surface area contributed by atoms with E-state index >= 15 is 0 Å². The van der Waals surface area contributed by atoms with Crippen molar-refractivity contribution in [2.45, 2.75) is 42.7 Å². The minimum absolute atomic E-state index is 0.0393. The second-order valence-corrected chi connectivity index (χ2v) is 7.39. The molecule has 1 fully saturated rings. The van der Waals surface area contributed by atoms with Crippen LogP contribution in [0.4, 0.5) is 13.2 Å². The zero-order chi connectivity index (χ0) is 17.5. The maximum Gasteiger partial charge on any atom is 0.435 e. The first-order valence-electron chi connectivity index (χ1n) is 7.47. The quantitative estimate of drug-likeness (QED) is 0.914. The van der Waals surface area contributed by atoms with Crippen molar-refractivity contribution in [3.8, 4) is 5.69 Å². The third kappa shape index (κ3) is 3.18. The van der Waals surface area contributed by atoms with Gasteiger partial charge in [-0.25, -0.2) is 18.2 Å². The highest BCUT2D eigenvalue weighted by molar-refractivity contribution is 7.89. The number of nitrogens with two attached hydrogens (primary N) is 1. The lowest BCUT2D eigenvalue weighted by Gasteiger charge is -2.14. The summed E-state index contributed by atoms with van der Waals surface area (Å²) in [5, 5.41) is 8.84. The maximum absolute atomic E-state index is 13.1. The van der Waals surface area contributed by atoms with Crippen molar-refractivity contribution in [1.82, 2.24) is 9.78 Å². The van der Waals surface area contributed by atoms with Crippen LogP contribution in [-0.4, -0.2) is 18.2 Å². The van der Waals surface area contributed by atoms with Crippen molar-refractivity contribution in [2.24, 2.45) is 5.14 Å². The molecule has 2 N–H and O–H groups in total. The van der Waals surface area contributed by atoms with Crippen molar-refractivity contribution in [1.29, 1.82) is 0 Å². The molecule has 0 bridgehead atoms. The van der Waals surface area contributed by atoms with Gasteiger partial charge in [-0.05, 0) is 31.0 Å². The van der Waals surface area contributed by atoms with E-state index in [4.69, 9.17) is 5.14 Å². The van der Waals surface area contributed by atoms with Crippen molar-refractivity contribution < 1.29 is 21.6 Å². The summed E-state index contributed by atoms with van der Waals surface area (Å²) in [6.07, 6.45) is -1.25. The minimum Gasteiger partial charge on any atom is -0.236 e. The smallest absolute Gasteiger partial charge is 0.236 e. The van der Waals surface area contributed by atoms with Crippen molar-refractivity contribution >= 4 is 10.0 Å².